The van der Waals surface area contributed by atoms with Crippen LogP contribution < -0.4 is 27.1 Å². The van der Waals surface area contributed by atoms with Crippen molar-refractivity contribution >= 4 is 25.8 Å². The fourth-order valence-electron chi connectivity index (χ4n) is 19.8. The van der Waals surface area contributed by atoms with E-state index in [0.717, 1.165) is 127 Å². The molecule has 4 atom stereocenters. The molecule has 0 bridgehead atoms. The number of unbranched alkanes of at least 4 members (excludes halogenated alkanes) is 54. The standard InChI is InChI=1S/C127H211O9P3/c1-20-26-32-38-44-47-50-53-56-59-65-71-77-95-128-137(131-112-89-83-109(84-90-112)80-74-68-62-41-35-29-23-4)134-122-99-106(8)115(102-119(122)125(11,12)13)105(7)98-118(116-103-120(126(14,15)16)123(100-107(116)9)135-138(129-96-78-72-66-60-57-54-51-48-45-39-33-27-21-2)132-113-91-85-110(86-92-113)81-75-69-63-42-36-30-24-5)117-104-121(127(17,18)19)124(101-108(117)10)136-139(130-97-79-73-67-61-58-55-52-49-46-40-34-28-22-3)133-114-93-87-111(88-94-114)82-76-70-64-43-37-31-25-6/h83-94,99-105,118H,20-82,95-98H2,1-19H3. The summed E-state index contributed by atoms with van der Waals surface area (Å²) in [6.07, 6.45) is 81.9. The van der Waals surface area contributed by atoms with E-state index in [2.05, 4.69) is 241 Å². The van der Waals surface area contributed by atoms with Crippen molar-refractivity contribution < 1.29 is 40.7 Å². The molecule has 0 spiro atoms. The molecule has 0 saturated carbocycles. The fourth-order valence-corrected chi connectivity index (χ4v) is 22.8. The van der Waals surface area contributed by atoms with E-state index >= 15 is 0 Å². The van der Waals surface area contributed by atoms with Gasteiger partial charge in [-0.05, 0) is 212 Å². The van der Waals surface area contributed by atoms with Crippen molar-refractivity contribution in [3.8, 4) is 34.5 Å². The van der Waals surface area contributed by atoms with Gasteiger partial charge in [0.25, 0.3) is 0 Å². The van der Waals surface area contributed by atoms with Crippen LogP contribution >= 0.6 is 25.8 Å². The Morgan fingerprint density at radius 2 is 0.410 bits per heavy atom. The maximum atomic E-state index is 7.40. The van der Waals surface area contributed by atoms with Crippen molar-refractivity contribution in [2.45, 2.75) is 571 Å². The molecular formula is C127H211O9P3. The zero-order valence-electron chi connectivity index (χ0n) is 93.4. The van der Waals surface area contributed by atoms with Crippen LogP contribution in [0.15, 0.2) is 109 Å². The molecule has 139 heavy (non-hydrogen) atoms. The number of benzene rings is 6. The van der Waals surface area contributed by atoms with Gasteiger partial charge in [0, 0.05) is 22.6 Å². The Labute approximate surface area is 861 Å². The Balaban J connectivity index is 1.42. The molecule has 6 aromatic rings. The smallest absolute Gasteiger partial charge is 0.418 e. The SMILES string of the molecule is CCCCCCCCCCCCCCCOP(Oc1ccc(CCCCCCCCC)cc1)Oc1cc(C)c(C(C)CC(c2cc(C(C)(C)C)c(OP(OCCCCCCCCCCCCCCC)Oc3ccc(CCCCCCCCC)cc3)cc2C)c2cc(C(C)(C)C)c(OP(OCCCCCCCCCCCCCCC)Oc3ccc(CCCCCCCCC)cc3)cc2C)cc1C(C)(C)C. The first-order valence-electron chi connectivity index (χ1n) is 58.5. The zero-order valence-corrected chi connectivity index (χ0v) is 96.1. The summed E-state index contributed by atoms with van der Waals surface area (Å²) in [6, 6.07) is 40.8. The minimum Gasteiger partial charge on any atom is -0.418 e. The van der Waals surface area contributed by atoms with Gasteiger partial charge in [0.15, 0.2) is 0 Å². The van der Waals surface area contributed by atoms with E-state index < -0.39 is 25.8 Å². The number of hydrogen-bond donors (Lipinski definition) is 0. The summed E-state index contributed by atoms with van der Waals surface area (Å²) in [5, 5.41) is 0. The molecule has 0 aromatic heterocycles. The molecule has 6 rings (SSSR count). The molecule has 0 amide bonds. The lowest BCUT2D eigenvalue weighted by molar-refractivity contribution is 0.256. The molecule has 0 heterocycles. The molecular weight excluding hydrogens is 1760 g/mol. The van der Waals surface area contributed by atoms with Gasteiger partial charge < -0.3 is 27.1 Å². The van der Waals surface area contributed by atoms with Gasteiger partial charge in [0.2, 0.25) is 0 Å². The minimum absolute atomic E-state index is 0.0782. The fraction of sp³-hybridized carbons (Fsp3) is 0.717. The van der Waals surface area contributed by atoms with Crippen molar-refractivity contribution in [2.75, 3.05) is 19.8 Å². The van der Waals surface area contributed by atoms with Crippen molar-refractivity contribution in [3.63, 3.8) is 0 Å². The normalized spacial score (nSPS) is 13.1. The molecule has 0 fully saturated rings. The van der Waals surface area contributed by atoms with E-state index in [1.54, 1.807) is 0 Å². The average molecular weight is 1970 g/mol. The lowest BCUT2D eigenvalue weighted by atomic mass is 9.74. The van der Waals surface area contributed by atoms with E-state index in [-0.39, 0.29) is 28.1 Å². The predicted octanol–water partition coefficient (Wildman–Crippen LogP) is 44.1. The first kappa shape index (κ1) is 123. The first-order valence-corrected chi connectivity index (χ1v) is 61.8. The Bertz CT molecular complexity index is 3840. The minimum atomic E-state index is -1.86. The molecule has 0 radical (unpaired) electrons. The Morgan fingerprint density at radius 3 is 0.619 bits per heavy atom. The lowest BCUT2D eigenvalue weighted by Crippen LogP contribution is -2.19. The van der Waals surface area contributed by atoms with Gasteiger partial charge in [-0.25, -0.2) is 0 Å². The summed E-state index contributed by atoms with van der Waals surface area (Å²) >= 11 is 0. The van der Waals surface area contributed by atoms with Gasteiger partial charge in [-0.3, -0.25) is 13.6 Å². The molecule has 0 saturated heterocycles. The van der Waals surface area contributed by atoms with Gasteiger partial charge in [0.05, 0.1) is 19.8 Å². The van der Waals surface area contributed by atoms with Crippen LogP contribution in [0.5, 0.6) is 34.5 Å². The number of hydrogen-bond acceptors (Lipinski definition) is 9. The van der Waals surface area contributed by atoms with Crippen LogP contribution in [0.4, 0.5) is 0 Å². The molecule has 9 nitrogen and oxygen atoms in total. The van der Waals surface area contributed by atoms with Crippen LogP contribution in [0.25, 0.3) is 0 Å². The maximum Gasteiger partial charge on any atom is 0.463 e. The number of aryl methyl sites for hydroxylation is 6. The Morgan fingerprint density at radius 1 is 0.223 bits per heavy atom. The summed E-state index contributed by atoms with van der Waals surface area (Å²) in [7, 11) is -5.53. The summed E-state index contributed by atoms with van der Waals surface area (Å²) in [5.41, 5.74) is 13.9. The lowest BCUT2D eigenvalue weighted by Gasteiger charge is -2.33. The molecule has 12 heteroatoms. The van der Waals surface area contributed by atoms with Crippen LogP contribution in [-0.2, 0) is 49.1 Å². The van der Waals surface area contributed by atoms with Crippen molar-refractivity contribution in [3.05, 3.63) is 176 Å². The highest BCUT2D eigenvalue weighted by Gasteiger charge is 2.35. The van der Waals surface area contributed by atoms with Crippen LogP contribution in [0.1, 0.15) is 581 Å². The molecule has 0 aliphatic heterocycles. The molecule has 0 aliphatic rings. The summed E-state index contributed by atoms with van der Waals surface area (Å²) < 4.78 is 63.8. The maximum absolute atomic E-state index is 7.40. The van der Waals surface area contributed by atoms with Crippen LogP contribution in [0.2, 0.25) is 0 Å². The summed E-state index contributed by atoms with van der Waals surface area (Å²) in [6.45, 7) is 46.0. The third kappa shape index (κ3) is 54.0. The van der Waals surface area contributed by atoms with Crippen LogP contribution in [0.3, 0.4) is 0 Å². The molecule has 6 aromatic carbocycles. The second-order valence-corrected chi connectivity index (χ2v) is 48.3. The zero-order chi connectivity index (χ0) is 100. The van der Waals surface area contributed by atoms with E-state index in [0.29, 0.717) is 19.8 Å². The highest BCUT2D eigenvalue weighted by molar-refractivity contribution is 7.43. The Kier molecular flexibility index (Phi) is 66.4. The van der Waals surface area contributed by atoms with Gasteiger partial charge in [-0.1, -0.05) is 512 Å². The van der Waals surface area contributed by atoms with Crippen LogP contribution in [0, 0.1) is 20.8 Å². The Hall–Kier alpha value is -4.71. The first-order chi connectivity index (χ1) is 67.4. The van der Waals surface area contributed by atoms with Gasteiger partial charge in [-0.15, -0.1) is 0 Å². The molecule has 0 N–H and O–H groups in total. The van der Waals surface area contributed by atoms with Gasteiger partial charge in [-0.2, -0.15) is 0 Å². The third-order valence-corrected chi connectivity index (χ3v) is 32.1. The van der Waals surface area contributed by atoms with Crippen molar-refractivity contribution in [1.82, 2.24) is 0 Å². The van der Waals surface area contributed by atoms with Crippen LogP contribution in [-0.4, -0.2) is 19.8 Å². The van der Waals surface area contributed by atoms with Crippen molar-refractivity contribution in [1.29, 1.82) is 0 Å². The highest BCUT2D eigenvalue weighted by atomic mass is 31.2. The average Bonchev–Trinajstić information content (AvgIpc) is 0.758. The van der Waals surface area contributed by atoms with E-state index in [1.165, 1.54) is 386 Å². The van der Waals surface area contributed by atoms with E-state index in [1.807, 2.05) is 0 Å². The van der Waals surface area contributed by atoms with Crippen molar-refractivity contribution in [2.24, 2.45) is 0 Å². The second kappa shape index (κ2) is 75.1. The summed E-state index contributed by atoms with van der Waals surface area (Å²) in [5.74, 6) is 4.80. The number of rotatable bonds is 86. The van der Waals surface area contributed by atoms with Gasteiger partial charge >= 0.3 is 25.8 Å². The monoisotopic (exact) mass is 1970 g/mol. The quantitative estimate of drug-likeness (QED) is 0.0274. The van der Waals surface area contributed by atoms with E-state index in [9.17, 15) is 0 Å². The highest BCUT2D eigenvalue weighted by Crippen LogP contribution is 2.53. The largest absolute Gasteiger partial charge is 0.463 e. The molecule has 4 unspecified atom stereocenters. The second-order valence-electron chi connectivity index (χ2n) is 45.0. The van der Waals surface area contributed by atoms with E-state index in [4.69, 9.17) is 40.7 Å². The predicted molar refractivity (Wildman–Crippen MR) is 608 cm³/mol. The molecule has 788 valence electrons. The van der Waals surface area contributed by atoms with Gasteiger partial charge in [0.1, 0.15) is 34.5 Å². The molecule has 0 aliphatic carbocycles. The topological polar surface area (TPSA) is 83.1 Å². The third-order valence-electron chi connectivity index (χ3n) is 28.8. The summed E-state index contributed by atoms with van der Waals surface area (Å²) in [4.78, 5) is 0.